The normalized spacial score (nSPS) is 18.5. The zero-order valence-corrected chi connectivity index (χ0v) is 16.0. The van der Waals surface area contributed by atoms with E-state index in [1.54, 1.807) is 11.1 Å². The second-order valence-corrected chi connectivity index (χ2v) is 7.62. The van der Waals surface area contributed by atoms with Gasteiger partial charge in [-0.05, 0) is 23.6 Å². The van der Waals surface area contributed by atoms with Gasteiger partial charge in [0.2, 0.25) is 0 Å². The number of alkyl halides is 2. The number of ether oxygens (including phenoxy) is 1. The van der Waals surface area contributed by atoms with Gasteiger partial charge in [-0.15, -0.1) is 0 Å². The van der Waals surface area contributed by atoms with E-state index in [0.717, 1.165) is 34.5 Å². The van der Waals surface area contributed by atoms with Gasteiger partial charge in [-0.25, -0.2) is 18.7 Å². The third-order valence-corrected chi connectivity index (χ3v) is 5.54. The number of halogens is 2. The third kappa shape index (κ3) is 3.51. The average Bonchev–Trinajstić information content (AvgIpc) is 3.17. The molecule has 150 valence electrons. The Kier molecular flexibility index (Phi) is 4.54. The molecule has 0 bridgehead atoms. The number of imidazole rings is 1. The van der Waals surface area contributed by atoms with Gasteiger partial charge in [0.25, 0.3) is 5.92 Å². The summed E-state index contributed by atoms with van der Waals surface area (Å²) >= 11 is 0. The summed E-state index contributed by atoms with van der Waals surface area (Å²) in [4.78, 5) is 14.4. The van der Waals surface area contributed by atoms with Crippen molar-refractivity contribution in [2.45, 2.75) is 31.8 Å². The first-order chi connectivity index (χ1) is 14.1. The number of hydrogen-bond donors (Lipinski definition) is 1. The summed E-state index contributed by atoms with van der Waals surface area (Å²) in [6, 6.07) is 11.8. The van der Waals surface area contributed by atoms with Crippen LogP contribution in [0.5, 0.6) is 0 Å². The number of H-pyrrole nitrogens is 1. The second kappa shape index (κ2) is 7.22. The molecule has 29 heavy (non-hydrogen) atoms. The van der Waals surface area contributed by atoms with Crippen molar-refractivity contribution >= 4 is 5.82 Å². The Morgan fingerprint density at radius 1 is 1.14 bits per heavy atom. The molecule has 0 amide bonds. The molecule has 0 spiro atoms. The fraction of sp³-hybridized carbons (Fsp3) is 0.364. The number of nitrogens with zero attached hydrogens (tertiary/aromatic N) is 3. The van der Waals surface area contributed by atoms with Crippen LogP contribution in [0.1, 0.15) is 24.2 Å². The van der Waals surface area contributed by atoms with E-state index in [1.807, 2.05) is 36.4 Å². The highest BCUT2D eigenvalue weighted by Gasteiger charge is 2.37. The molecule has 0 radical (unpaired) electrons. The SMILES string of the molecule is FC1(F)CCCN(c2nccc(-c3ccccc3)c2-c2nc3c([nH]2)COCC3)C1. The molecule has 1 fully saturated rings. The van der Waals surface area contributed by atoms with E-state index < -0.39 is 5.92 Å². The summed E-state index contributed by atoms with van der Waals surface area (Å²) in [7, 11) is 0. The Bertz CT molecular complexity index is 995. The minimum atomic E-state index is -2.71. The quantitative estimate of drug-likeness (QED) is 0.711. The van der Waals surface area contributed by atoms with Crippen molar-refractivity contribution in [3.63, 3.8) is 0 Å². The Morgan fingerprint density at radius 2 is 2.00 bits per heavy atom. The van der Waals surface area contributed by atoms with Crippen LogP contribution < -0.4 is 4.90 Å². The molecule has 7 heteroatoms. The van der Waals surface area contributed by atoms with Crippen molar-refractivity contribution in [3.05, 3.63) is 54.0 Å². The molecular formula is C22H22F2N4O. The lowest BCUT2D eigenvalue weighted by atomic mass is 9.99. The number of nitrogens with one attached hydrogen (secondary N) is 1. The summed E-state index contributed by atoms with van der Waals surface area (Å²) in [5.41, 5.74) is 4.62. The van der Waals surface area contributed by atoms with E-state index in [1.165, 1.54) is 0 Å². The highest BCUT2D eigenvalue weighted by Crippen LogP contribution is 2.40. The van der Waals surface area contributed by atoms with Crippen LogP contribution in [0.4, 0.5) is 14.6 Å². The van der Waals surface area contributed by atoms with E-state index in [2.05, 4.69) is 9.97 Å². The van der Waals surface area contributed by atoms with Crippen molar-refractivity contribution in [1.82, 2.24) is 15.0 Å². The van der Waals surface area contributed by atoms with Crippen molar-refractivity contribution in [2.75, 3.05) is 24.6 Å². The van der Waals surface area contributed by atoms with Crippen LogP contribution in [0.3, 0.4) is 0 Å². The minimum Gasteiger partial charge on any atom is -0.375 e. The fourth-order valence-electron chi connectivity index (χ4n) is 4.16. The van der Waals surface area contributed by atoms with Crippen molar-refractivity contribution in [3.8, 4) is 22.5 Å². The molecule has 2 aromatic heterocycles. The Morgan fingerprint density at radius 3 is 2.79 bits per heavy atom. The van der Waals surface area contributed by atoms with Gasteiger partial charge in [-0.2, -0.15) is 0 Å². The standard InChI is InChI=1S/C22H22F2N4O/c23-22(24)9-4-11-28(14-22)21-19(20-26-17-8-12-29-13-18(17)27-20)16(7-10-25-21)15-5-2-1-3-6-15/h1-3,5-7,10H,4,8-9,11-14H2,(H,26,27). The van der Waals surface area contributed by atoms with E-state index in [9.17, 15) is 8.78 Å². The van der Waals surface area contributed by atoms with Crippen LogP contribution in [0.25, 0.3) is 22.5 Å². The van der Waals surface area contributed by atoms with E-state index in [-0.39, 0.29) is 13.0 Å². The molecule has 1 saturated heterocycles. The number of aromatic amines is 1. The van der Waals surface area contributed by atoms with Gasteiger partial charge >= 0.3 is 0 Å². The first kappa shape index (κ1) is 18.2. The van der Waals surface area contributed by atoms with Gasteiger partial charge in [0, 0.05) is 25.6 Å². The number of benzene rings is 1. The monoisotopic (exact) mass is 396 g/mol. The number of hydrogen-bond acceptors (Lipinski definition) is 4. The van der Waals surface area contributed by atoms with E-state index >= 15 is 0 Å². The van der Waals surface area contributed by atoms with E-state index in [4.69, 9.17) is 9.72 Å². The summed E-state index contributed by atoms with van der Waals surface area (Å²) in [6.07, 6.45) is 2.79. The first-order valence-electron chi connectivity index (χ1n) is 9.94. The molecule has 5 rings (SSSR count). The Hall–Kier alpha value is -2.80. The van der Waals surface area contributed by atoms with Crippen LogP contribution in [-0.2, 0) is 17.8 Å². The van der Waals surface area contributed by atoms with Crippen LogP contribution in [0.2, 0.25) is 0 Å². The number of pyridine rings is 1. The van der Waals surface area contributed by atoms with Gasteiger partial charge in [0.1, 0.15) is 11.6 Å². The Labute approximate surface area is 167 Å². The van der Waals surface area contributed by atoms with Crippen molar-refractivity contribution in [2.24, 2.45) is 0 Å². The van der Waals surface area contributed by atoms with Crippen molar-refractivity contribution < 1.29 is 13.5 Å². The minimum absolute atomic E-state index is 0.0798. The smallest absolute Gasteiger partial charge is 0.265 e. The summed E-state index contributed by atoms with van der Waals surface area (Å²) < 4.78 is 33.9. The lowest BCUT2D eigenvalue weighted by Crippen LogP contribution is -2.43. The fourth-order valence-corrected chi connectivity index (χ4v) is 4.16. The maximum atomic E-state index is 14.2. The van der Waals surface area contributed by atoms with Crippen LogP contribution in [0.15, 0.2) is 42.6 Å². The topological polar surface area (TPSA) is 54.0 Å². The molecule has 4 heterocycles. The largest absolute Gasteiger partial charge is 0.375 e. The first-order valence-corrected chi connectivity index (χ1v) is 9.94. The molecule has 0 unspecified atom stereocenters. The number of piperidine rings is 1. The van der Waals surface area contributed by atoms with Crippen LogP contribution in [0, 0.1) is 0 Å². The zero-order valence-electron chi connectivity index (χ0n) is 16.0. The second-order valence-electron chi connectivity index (χ2n) is 7.62. The predicted octanol–water partition coefficient (Wildman–Crippen LogP) is 4.45. The zero-order chi connectivity index (χ0) is 19.8. The number of rotatable bonds is 3. The van der Waals surface area contributed by atoms with E-state index in [0.29, 0.717) is 37.8 Å². The molecule has 5 nitrogen and oxygen atoms in total. The molecule has 1 N–H and O–H groups in total. The third-order valence-electron chi connectivity index (χ3n) is 5.54. The molecule has 2 aliphatic rings. The molecule has 3 aromatic rings. The molecule has 1 aromatic carbocycles. The van der Waals surface area contributed by atoms with Gasteiger partial charge in [-0.3, -0.25) is 0 Å². The lowest BCUT2D eigenvalue weighted by Gasteiger charge is -2.34. The van der Waals surface area contributed by atoms with Gasteiger partial charge in [-0.1, -0.05) is 30.3 Å². The predicted molar refractivity (Wildman–Crippen MR) is 107 cm³/mol. The van der Waals surface area contributed by atoms with Crippen LogP contribution in [-0.4, -0.2) is 40.6 Å². The highest BCUT2D eigenvalue weighted by molar-refractivity contribution is 5.88. The van der Waals surface area contributed by atoms with Crippen LogP contribution >= 0.6 is 0 Å². The Balaban J connectivity index is 1.68. The number of aromatic nitrogens is 3. The molecule has 0 aliphatic carbocycles. The number of fused-ring (bicyclic) bond motifs is 1. The van der Waals surface area contributed by atoms with Gasteiger partial charge < -0.3 is 14.6 Å². The van der Waals surface area contributed by atoms with Gasteiger partial charge in [0.15, 0.2) is 0 Å². The summed E-state index contributed by atoms with van der Waals surface area (Å²) in [5.74, 6) is -1.50. The number of anilines is 1. The summed E-state index contributed by atoms with van der Waals surface area (Å²) in [5, 5.41) is 0. The molecule has 0 atom stereocenters. The van der Waals surface area contributed by atoms with Gasteiger partial charge in [0.05, 0.1) is 36.7 Å². The maximum Gasteiger partial charge on any atom is 0.265 e. The summed E-state index contributed by atoms with van der Waals surface area (Å²) in [6.45, 7) is 1.35. The molecule has 2 aliphatic heterocycles. The maximum absolute atomic E-state index is 14.2. The average molecular weight is 396 g/mol. The highest BCUT2D eigenvalue weighted by atomic mass is 19.3. The molecule has 0 saturated carbocycles. The lowest BCUT2D eigenvalue weighted by molar-refractivity contribution is -0.0118. The van der Waals surface area contributed by atoms with Crippen molar-refractivity contribution in [1.29, 1.82) is 0 Å². The molecular weight excluding hydrogens is 374 g/mol.